The zero-order valence-electron chi connectivity index (χ0n) is 13.1. The molecule has 1 fully saturated rings. The summed E-state index contributed by atoms with van der Waals surface area (Å²) < 4.78 is 0. The van der Waals surface area contributed by atoms with Gasteiger partial charge in [-0.25, -0.2) is 0 Å². The van der Waals surface area contributed by atoms with Gasteiger partial charge in [0.25, 0.3) is 0 Å². The smallest absolute Gasteiger partial charge is 0.222 e. The fourth-order valence-corrected chi connectivity index (χ4v) is 2.99. The maximum absolute atomic E-state index is 12.3. The molecule has 1 heterocycles. The Hall–Kier alpha value is -0.610. The van der Waals surface area contributed by atoms with E-state index in [0.29, 0.717) is 30.2 Å². The SMILES string of the molecule is CC(C)C(CCN)CCC(=O)N1CCN(C)CC1C. The van der Waals surface area contributed by atoms with Gasteiger partial charge in [0.05, 0.1) is 0 Å². The van der Waals surface area contributed by atoms with Gasteiger partial charge in [-0.1, -0.05) is 13.8 Å². The van der Waals surface area contributed by atoms with Gasteiger partial charge in [-0.2, -0.15) is 0 Å². The summed E-state index contributed by atoms with van der Waals surface area (Å²) in [5, 5.41) is 0. The number of rotatable bonds is 6. The number of carbonyl (C=O) groups is 1. The lowest BCUT2D eigenvalue weighted by molar-refractivity contribution is -0.135. The first kappa shape index (κ1) is 16.4. The van der Waals surface area contributed by atoms with E-state index in [1.165, 1.54) is 0 Å². The first-order valence-corrected chi connectivity index (χ1v) is 7.63. The van der Waals surface area contributed by atoms with Crippen LogP contribution in [0.1, 0.15) is 40.0 Å². The second-order valence-corrected chi connectivity index (χ2v) is 6.32. The van der Waals surface area contributed by atoms with Gasteiger partial charge in [0.2, 0.25) is 5.91 Å². The van der Waals surface area contributed by atoms with E-state index >= 15 is 0 Å². The van der Waals surface area contributed by atoms with Crippen molar-refractivity contribution in [1.29, 1.82) is 0 Å². The van der Waals surface area contributed by atoms with Gasteiger partial charge in [0.1, 0.15) is 0 Å². The van der Waals surface area contributed by atoms with Crippen LogP contribution in [0.3, 0.4) is 0 Å². The van der Waals surface area contributed by atoms with Gasteiger partial charge in [0, 0.05) is 32.1 Å². The highest BCUT2D eigenvalue weighted by molar-refractivity contribution is 5.76. The molecule has 0 radical (unpaired) electrons. The second kappa shape index (κ2) is 7.85. The molecular formula is C15H31N3O. The maximum Gasteiger partial charge on any atom is 0.222 e. The lowest BCUT2D eigenvalue weighted by Crippen LogP contribution is -2.52. The lowest BCUT2D eigenvalue weighted by atomic mass is 9.88. The minimum atomic E-state index is 0.322. The van der Waals surface area contributed by atoms with Crippen molar-refractivity contribution >= 4 is 5.91 Å². The Morgan fingerprint density at radius 1 is 1.32 bits per heavy atom. The summed E-state index contributed by atoms with van der Waals surface area (Å²) in [4.78, 5) is 16.7. The summed E-state index contributed by atoms with van der Waals surface area (Å²) >= 11 is 0. The number of nitrogens with zero attached hydrogens (tertiary/aromatic N) is 2. The third-order valence-electron chi connectivity index (χ3n) is 4.36. The molecule has 1 amide bonds. The summed E-state index contributed by atoms with van der Waals surface area (Å²) in [6.07, 6.45) is 2.69. The normalized spacial score (nSPS) is 22.8. The van der Waals surface area contributed by atoms with Crippen LogP contribution in [0.5, 0.6) is 0 Å². The van der Waals surface area contributed by atoms with E-state index in [-0.39, 0.29) is 0 Å². The van der Waals surface area contributed by atoms with Crippen molar-refractivity contribution in [2.45, 2.75) is 46.1 Å². The van der Waals surface area contributed by atoms with Gasteiger partial charge in [-0.05, 0) is 45.2 Å². The molecule has 0 spiro atoms. The number of nitrogens with two attached hydrogens (primary N) is 1. The average Bonchev–Trinajstić information content (AvgIpc) is 2.33. The molecule has 2 N–H and O–H groups in total. The van der Waals surface area contributed by atoms with Gasteiger partial charge >= 0.3 is 0 Å². The molecule has 0 aromatic rings. The largest absolute Gasteiger partial charge is 0.337 e. The standard InChI is InChI=1S/C15H31N3O/c1-12(2)14(7-8-16)5-6-15(19)18-10-9-17(4)11-13(18)3/h12-14H,5-11,16H2,1-4H3. The van der Waals surface area contributed by atoms with E-state index in [4.69, 9.17) is 5.73 Å². The lowest BCUT2D eigenvalue weighted by Gasteiger charge is -2.38. The Labute approximate surface area is 118 Å². The molecular weight excluding hydrogens is 238 g/mol. The summed E-state index contributed by atoms with van der Waals surface area (Å²) in [5.41, 5.74) is 5.65. The van der Waals surface area contributed by atoms with E-state index in [2.05, 4.69) is 37.6 Å². The van der Waals surface area contributed by atoms with Crippen LogP contribution in [-0.2, 0) is 4.79 Å². The Bertz CT molecular complexity index is 281. The number of likely N-dealkylation sites (N-methyl/N-ethyl adjacent to an activating group) is 1. The van der Waals surface area contributed by atoms with E-state index in [9.17, 15) is 4.79 Å². The molecule has 4 nitrogen and oxygen atoms in total. The number of hydrogen-bond acceptors (Lipinski definition) is 3. The Balaban J connectivity index is 2.41. The molecule has 0 aromatic carbocycles. The monoisotopic (exact) mass is 269 g/mol. The van der Waals surface area contributed by atoms with Crippen molar-refractivity contribution in [2.75, 3.05) is 33.2 Å². The molecule has 2 atom stereocenters. The van der Waals surface area contributed by atoms with Crippen LogP contribution in [0, 0.1) is 11.8 Å². The molecule has 0 aliphatic carbocycles. The summed E-state index contributed by atoms with van der Waals surface area (Å²) in [7, 11) is 2.12. The topological polar surface area (TPSA) is 49.6 Å². The third-order valence-corrected chi connectivity index (χ3v) is 4.36. The molecule has 0 aromatic heterocycles. The van der Waals surface area contributed by atoms with Crippen molar-refractivity contribution in [3.8, 4) is 0 Å². The first-order chi connectivity index (χ1) is 8.95. The first-order valence-electron chi connectivity index (χ1n) is 7.63. The maximum atomic E-state index is 12.3. The number of hydrogen-bond donors (Lipinski definition) is 1. The van der Waals surface area contributed by atoms with Gasteiger partial charge in [0.15, 0.2) is 0 Å². The fourth-order valence-electron chi connectivity index (χ4n) is 2.99. The van der Waals surface area contributed by atoms with E-state index in [1.54, 1.807) is 0 Å². The van der Waals surface area contributed by atoms with Crippen molar-refractivity contribution in [3.05, 3.63) is 0 Å². The molecule has 1 aliphatic heterocycles. The number of amides is 1. The molecule has 1 aliphatic rings. The molecule has 0 saturated carbocycles. The molecule has 1 rings (SSSR count). The Kier molecular flexibility index (Phi) is 6.80. The molecule has 1 saturated heterocycles. The summed E-state index contributed by atoms with van der Waals surface area (Å²) in [6.45, 7) is 10.2. The predicted octanol–water partition coefficient (Wildman–Crippen LogP) is 1.55. The van der Waals surface area contributed by atoms with Crippen molar-refractivity contribution in [1.82, 2.24) is 9.80 Å². The van der Waals surface area contributed by atoms with Crippen LogP contribution < -0.4 is 5.73 Å². The predicted molar refractivity (Wildman–Crippen MR) is 79.9 cm³/mol. The molecule has 0 bridgehead atoms. The molecule has 112 valence electrons. The zero-order chi connectivity index (χ0) is 14.4. The molecule has 19 heavy (non-hydrogen) atoms. The Morgan fingerprint density at radius 2 is 2.00 bits per heavy atom. The molecule has 4 heteroatoms. The van der Waals surface area contributed by atoms with Crippen molar-refractivity contribution < 1.29 is 4.79 Å². The van der Waals surface area contributed by atoms with Crippen LogP contribution in [0.25, 0.3) is 0 Å². The highest BCUT2D eigenvalue weighted by Crippen LogP contribution is 2.21. The van der Waals surface area contributed by atoms with Gasteiger partial charge in [-0.15, -0.1) is 0 Å². The van der Waals surface area contributed by atoms with Crippen LogP contribution in [0.4, 0.5) is 0 Å². The molecule has 2 unspecified atom stereocenters. The third kappa shape index (κ3) is 5.11. The van der Waals surface area contributed by atoms with Crippen molar-refractivity contribution in [3.63, 3.8) is 0 Å². The minimum absolute atomic E-state index is 0.322. The van der Waals surface area contributed by atoms with Crippen LogP contribution in [0.15, 0.2) is 0 Å². The van der Waals surface area contributed by atoms with Crippen molar-refractivity contribution in [2.24, 2.45) is 17.6 Å². The minimum Gasteiger partial charge on any atom is -0.337 e. The zero-order valence-corrected chi connectivity index (χ0v) is 13.1. The van der Waals surface area contributed by atoms with Gasteiger partial charge < -0.3 is 15.5 Å². The highest BCUT2D eigenvalue weighted by Gasteiger charge is 2.26. The number of carbonyl (C=O) groups excluding carboxylic acids is 1. The fraction of sp³-hybridized carbons (Fsp3) is 0.933. The van der Waals surface area contributed by atoms with E-state index in [0.717, 1.165) is 39.0 Å². The van der Waals surface area contributed by atoms with Crippen LogP contribution in [-0.4, -0.2) is 55.0 Å². The highest BCUT2D eigenvalue weighted by atomic mass is 16.2. The van der Waals surface area contributed by atoms with E-state index in [1.807, 2.05) is 0 Å². The second-order valence-electron chi connectivity index (χ2n) is 6.32. The Morgan fingerprint density at radius 3 is 2.53 bits per heavy atom. The quantitative estimate of drug-likeness (QED) is 0.796. The van der Waals surface area contributed by atoms with Gasteiger partial charge in [-0.3, -0.25) is 4.79 Å². The van der Waals surface area contributed by atoms with Crippen LogP contribution in [0.2, 0.25) is 0 Å². The van der Waals surface area contributed by atoms with E-state index < -0.39 is 0 Å². The summed E-state index contributed by atoms with van der Waals surface area (Å²) in [5.74, 6) is 1.52. The average molecular weight is 269 g/mol. The van der Waals surface area contributed by atoms with Crippen LogP contribution >= 0.6 is 0 Å². The number of piperazine rings is 1. The summed E-state index contributed by atoms with van der Waals surface area (Å²) in [6, 6.07) is 0.346.